The van der Waals surface area contributed by atoms with Crippen LogP contribution in [0.25, 0.3) is 0 Å². The molecule has 4 atom stereocenters. The van der Waals surface area contributed by atoms with Crippen molar-refractivity contribution in [3.05, 3.63) is 64.7 Å². The lowest BCUT2D eigenvalue weighted by Crippen LogP contribution is -2.61. The van der Waals surface area contributed by atoms with Crippen LogP contribution in [0.4, 0.5) is 4.79 Å². The average molecular weight is 795 g/mol. The van der Waals surface area contributed by atoms with Gasteiger partial charge >= 0.3 is 6.09 Å². The maximum absolute atomic E-state index is 14.6. The van der Waals surface area contributed by atoms with Crippen LogP contribution < -0.4 is 20.7 Å². The Hall–Kier alpha value is -4.20. The van der Waals surface area contributed by atoms with Gasteiger partial charge in [-0.15, -0.1) is 0 Å². The van der Waals surface area contributed by atoms with Crippen molar-refractivity contribution < 1.29 is 42.9 Å². The van der Waals surface area contributed by atoms with Crippen LogP contribution in [-0.2, 0) is 52.7 Å². The van der Waals surface area contributed by atoms with Gasteiger partial charge in [-0.2, -0.15) is 0 Å². The zero-order chi connectivity index (χ0) is 41.6. The summed E-state index contributed by atoms with van der Waals surface area (Å²) in [5.74, 6) is -0.268. The molecule has 0 aromatic heterocycles. The summed E-state index contributed by atoms with van der Waals surface area (Å²) in [5.41, 5.74) is 3.10. The standard InChI is InChI=1S/C44H66N4O9/c1-9-30(2)39(49)47-38(43(3,4)5)41(51)48-29-33-27-34(56-26-25-55-24-23-54-22-21-53-20-19-45-42(52)57-44(6,7)8)18-17-32(33)28-37(48)40(50)46-36-16-12-14-31-13-10-11-15-35(31)36/h10-11,13,15,17-18,27,30,36-38H,9,12,14,16,19-26,28-29H2,1-8H3,(H,45,52)(H,46,50)(H,47,49)/t30-,36-,37+,38-/m1/s1. The van der Waals surface area contributed by atoms with Gasteiger partial charge in [0.15, 0.2) is 0 Å². The van der Waals surface area contributed by atoms with Gasteiger partial charge in [0.1, 0.15) is 30.0 Å². The molecule has 4 amide bonds. The molecular formula is C44H66N4O9. The Balaban J connectivity index is 1.31. The zero-order valence-corrected chi connectivity index (χ0v) is 35.4. The number of carbonyl (C=O) groups excluding carboxylic acids is 4. The number of fused-ring (bicyclic) bond motifs is 2. The Morgan fingerprint density at radius 3 is 2.18 bits per heavy atom. The van der Waals surface area contributed by atoms with Crippen LogP contribution >= 0.6 is 0 Å². The van der Waals surface area contributed by atoms with Crippen molar-refractivity contribution >= 4 is 23.8 Å². The van der Waals surface area contributed by atoms with E-state index in [9.17, 15) is 19.2 Å². The van der Waals surface area contributed by atoms with Gasteiger partial charge in [0.05, 0.1) is 45.7 Å². The summed E-state index contributed by atoms with van der Waals surface area (Å²) < 4.78 is 27.9. The number of nitrogens with one attached hydrogen (secondary N) is 3. The Kier molecular flexibility index (Phi) is 17.2. The zero-order valence-electron chi connectivity index (χ0n) is 35.4. The van der Waals surface area contributed by atoms with E-state index in [0.29, 0.717) is 71.4 Å². The third-order valence-electron chi connectivity index (χ3n) is 10.2. The average Bonchev–Trinajstić information content (AvgIpc) is 3.16. The number of alkyl carbamates (subject to hydrolysis) is 1. The minimum Gasteiger partial charge on any atom is -0.491 e. The third kappa shape index (κ3) is 14.3. The highest BCUT2D eigenvalue weighted by Crippen LogP contribution is 2.33. The van der Waals surface area contributed by atoms with Crippen molar-refractivity contribution in [1.82, 2.24) is 20.9 Å². The molecule has 0 saturated carbocycles. The first-order valence-electron chi connectivity index (χ1n) is 20.5. The molecule has 0 spiro atoms. The molecule has 316 valence electrons. The van der Waals surface area contributed by atoms with Crippen LogP contribution in [0.5, 0.6) is 5.75 Å². The summed E-state index contributed by atoms with van der Waals surface area (Å²) in [6.07, 6.45) is 3.31. The lowest BCUT2D eigenvalue weighted by molar-refractivity contribution is -0.147. The predicted molar refractivity (Wildman–Crippen MR) is 218 cm³/mol. The number of ether oxygens (including phenoxy) is 5. The summed E-state index contributed by atoms with van der Waals surface area (Å²) >= 11 is 0. The number of aryl methyl sites for hydroxylation is 1. The topological polar surface area (TPSA) is 154 Å². The van der Waals surface area contributed by atoms with Crippen LogP contribution in [0, 0.1) is 11.3 Å². The normalized spacial score (nSPS) is 17.7. The van der Waals surface area contributed by atoms with Gasteiger partial charge < -0.3 is 44.5 Å². The first kappa shape index (κ1) is 45.5. The van der Waals surface area contributed by atoms with E-state index < -0.39 is 29.2 Å². The SMILES string of the molecule is CC[C@@H](C)C(=O)N[C@H](C(=O)N1Cc2cc(OCCOCCOCCOCCNC(=O)OC(C)(C)C)ccc2C[C@H]1C(=O)N[C@@H]1CCCc2ccccc21)C(C)(C)C. The monoisotopic (exact) mass is 794 g/mol. The Morgan fingerprint density at radius 1 is 0.842 bits per heavy atom. The van der Waals surface area contributed by atoms with Gasteiger partial charge in [-0.25, -0.2) is 4.79 Å². The maximum Gasteiger partial charge on any atom is 0.407 e. The molecule has 2 aromatic carbocycles. The van der Waals surface area contributed by atoms with Crippen LogP contribution in [0.1, 0.15) is 103 Å². The molecule has 2 aliphatic rings. The molecule has 57 heavy (non-hydrogen) atoms. The molecule has 0 saturated heterocycles. The van der Waals surface area contributed by atoms with Crippen molar-refractivity contribution in [3.8, 4) is 5.75 Å². The maximum atomic E-state index is 14.6. The number of hydrogen-bond acceptors (Lipinski definition) is 9. The van der Waals surface area contributed by atoms with Gasteiger partial charge in [-0.05, 0) is 86.3 Å². The van der Waals surface area contributed by atoms with Crippen molar-refractivity contribution in [2.45, 2.75) is 118 Å². The Bertz CT molecular complexity index is 1640. The molecule has 2 aromatic rings. The fourth-order valence-corrected chi connectivity index (χ4v) is 6.87. The minimum absolute atomic E-state index is 0.130. The lowest BCUT2D eigenvalue weighted by atomic mass is 9.83. The highest BCUT2D eigenvalue weighted by atomic mass is 16.6. The fraction of sp³-hybridized carbons (Fsp3) is 0.636. The Morgan fingerprint density at radius 2 is 1.51 bits per heavy atom. The van der Waals surface area contributed by atoms with Crippen molar-refractivity contribution in [2.24, 2.45) is 11.3 Å². The molecule has 0 fully saturated rings. The third-order valence-corrected chi connectivity index (χ3v) is 10.2. The minimum atomic E-state index is -0.826. The number of benzene rings is 2. The van der Waals surface area contributed by atoms with Crippen LogP contribution in [-0.4, -0.2) is 99.2 Å². The molecule has 13 heteroatoms. The van der Waals surface area contributed by atoms with E-state index in [4.69, 9.17) is 23.7 Å². The fourth-order valence-electron chi connectivity index (χ4n) is 6.87. The van der Waals surface area contributed by atoms with Crippen LogP contribution in [0.2, 0.25) is 0 Å². The number of carbonyl (C=O) groups is 4. The van der Waals surface area contributed by atoms with Gasteiger partial charge in [0, 0.05) is 25.4 Å². The summed E-state index contributed by atoms with van der Waals surface area (Å²) in [6, 6.07) is 12.3. The van der Waals surface area contributed by atoms with Gasteiger partial charge in [-0.1, -0.05) is 65.0 Å². The molecule has 1 heterocycles. The summed E-state index contributed by atoms with van der Waals surface area (Å²) in [5, 5.41) is 8.98. The van der Waals surface area contributed by atoms with E-state index in [1.54, 1.807) is 4.90 Å². The largest absolute Gasteiger partial charge is 0.491 e. The number of nitrogens with zero attached hydrogens (tertiary/aromatic N) is 1. The Labute approximate surface area is 339 Å². The number of rotatable bonds is 19. The first-order chi connectivity index (χ1) is 27.1. The van der Waals surface area contributed by atoms with E-state index in [1.165, 1.54) is 5.56 Å². The van der Waals surface area contributed by atoms with Gasteiger partial charge in [0.25, 0.3) is 0 Å². The van der Waals surface area contributed by atoms with Crippen LogP contribution in [0.3, 0.4) is 0 Å². The molecule has 0 bridgehead atoms. The van der Waals surface area contributed by atoms with E-state index in [-0.39, 0.29) is 36.2 Å². The molecule has 1 aliphatic heterocycles. The number of hydrogen-bond donors (Lipinski definition) is 3. The predicted octanol–water partition coefficient (Wildman–Crippen LogP) is 5.66. The number of amides is 4. The molecule has 1 aliphatic carbocycles. The van der Waals surface area contributed by atoms with E-state index in [2.05, 4.69) is 28.1 Å². The summed E-state index contributed by atoms with van der Waals surface area (Å²) in [4.78, 5) is 55.3. The first-order valence-corrected chi connectivity index (χ1v) is 20.5. The van der Waals surface area contributed by atoms with Crippen molar-refractivity contribution in [3.63, 3.8) is 0 Å². The summed E-state index contributed by atoms with van der Waals surface area (Å²) in [6.45, 7) is 18.2. The van der Waals surface area contributed by atoms with E-state index in [0.717, 1.165) is 36.0 Å². The molecule has 0 unspecified atom stereocenters. The van der Waals surface area contributed by atoms with Gasteiger partial charge in [0.2, 0.25) is 17.7 Å². The highest BCUT2D eigenvalue weighted by molar-refractivity contribution is 5.93. The molecule has 0 radical (unpaired) electrons. The quantitative estimate of drug-likeness (QED) is 0.153. The van der Waals surface area contributed by atoms with Crippen molar-refractivity contribution in [1.29, 1.82) is 0 Å². The molecule has 3 N–H and O–H groups in total. The second-order valence-corrected chi connectivity index (χ2v) is 17.0. The molecule has 13 nitrogen and oxygen atoms in total. The smallest absolute Gasteiger partial charge is 0.407 e. The molecule has 4 rings (SSSR count). The molecular weight excluding hydrogens is 729 g/mol. The van der Waals surface area contributed by atoms with Crippen LogP contribution in [0.15, 0.2) is 42.5 Å². The second-order valence-electron chi connectivity index (χ2n) is 17.0. The van der Waals surface area contributed by atoms with Crippen molar-refractivity contribution in [2.75, 3.05) is 52.8 Å². The summed E-state index contributed by atoms with van der Waals surface area (Å²) in [7, 11) is 0. The lowest BCUT2D eigenvalue weighted by Gasteiger charge is -2.42. The van der Waals surface area contributed by atoms with E-state index in [1.807, 2.05) is 85.7 Å². The van der Waals surface area contributed by atoms with E-state index >= 15 is 0 Å². The van der Waals surface area contributed by atoms with Gasteiger partial charge in [-0.3, -0.25) is 14.4 Å². The second kappa shape index (κ2) is 21.5. The highest BCUT2D eigenvalue weighted by Gasteiger charge is 2.43.